The third-order valence-electron chi connectivity index (χ3n) is 3.69. The number of nitrogens with zero attached hydrogens (tertiary/aromatic N) is 2. The SMILES string of the molecule is CC.CC.CC.CN1CCCC2(CCCN2C)C1. The van der Waals surface area contributed by atoms with E-state index in [1.807, 2.05) is 41.5 Å². The Morgan fingerprint density at radius 2 is 1.17 bits per heavy atom. The highest BCUT2D eigenvalue weighted by molar-refractivity contribution is 4.98. The van der Waals surface area contributed by atoms with E-state index in [0.29, 0.717) is 5.54 Å². The molecule has 2 heteroatoms. The van der Waals surface area contributed by atoms with Crippen molar-refractivity contribution in [2.75, 3.05) is 33.7 Å². The Morgan fingerprint density at radius 3 is 1.56 bits per heavy atom. The molecule has 0 aromatic rings. The predicted octanol–water partition coefficient (Wildman–Crippen LogP) is 4.26. The van der Waals surface area contributed by atoms with Gasteiger partial charge in [-0.3, -0.25) is 4.90 Å². The van der Waals surface area contributed by atoms with E-state index in [9.17, 15) is 0 Å². The summed E-state index contributed by atoms with van der Waals surface area (Å²) in [6.45, 7) is 15.9. The lowest BCUT2D eigenvalue weighted by atomic mass is 9.87. The zero-order chi connectivity index (χ0) is 14.6. The van der Waals surface area contributed by atoms with E-state index in [1.165, 1.54) is 45.3 Å². The third-order valence-corrected chi connectivity index (χ3v) is 3.69. The number of hydrogen-bond donors (Lipinski definition) is 0. The molecule has 0 amide bonds. The number of rotatable bonds is 0. The molecule has 0 saturated carbocycles. The van der Waals surface area contributed by atoms with Crippen molar-refractivity contribution in [2.45, 2.75) is 72.8 Å². The van der Waals surface area contributed by atoms with Gasteiger partial charge in [0, 0.05) is 12.1 Å². The Morgan fingerprint density at radius 1 is 0.722 bits per heavy atom. The third kappa shape index (κ3) is 5.71. The van der Waals surface area contributed by atoms with E-state index in [-0.39, 0.29) is 0 Å². The minimum Gasteiger partial charge on any atom is -0.305 e. The standard InChI is InChI=1S/C10H20N2.3C2H6/c1-11-7-3-5-10(9-11)6-4-8-12(10)2;3*1-2/h3-9H2,1-2H3;3*1-2H3. The first-order valence-corrected chi connectivity index (χ1v) is 8.13. The summed E-state index contributed by atoms with van der Waals surface area (Å²) in [7, 11) is 4.55. The van der Waals surface area contributed by atoms with E-state index >= 15 is 0 Å². The van der Waals surface area contributed by atoms with Crippen LogP contribution >= 0.6 is 0 Å². The summed E-state index contributed by atoms with van der Waals surface area (Å²) in [4.78, 5) is 5.08. The lowest BCUT2D eigenvalue weighted by Gasteiger charge is -2.43. The number of piperidine rings is 1. The first-order valence-electron chi connectivity index (χ1n) is 8.13. The van der Waals surface area contributed by atoms with Crippen LogP contribution in [0.5, 0.6) is 0 Å². The molecule has 2 rings (SSSR count). The molecule has 0 aromatic heterocycles. The molecule has 0 N–H and O–H groups in total. The van der Waals surface area contributed by atoms with E-state index in [4.69, 9.17) is 0 Å². The van der Waals surface area contributed by atoms with Gasteiger partial charge in [0.05, 0.1) is 0 Å². The van der Waals surface area contributed by atoms with Gasteiger partial charge in [-0.1, -0.05) is 41.5 Å². The number of likely N-dealkylation sites (N-methyl/N-ethyl adjacent to an activating group) is 2. The molecule has 1 unspecified atom stereocenters. The van der Waals surface area contributed by atoms with Gasteiger partial charge in [-0.15, -0.1) is 0 Å². The first-order chi connectivity index (χ1) is 8.73. The summed E-state index contributed by atoms with van der Waals surface area (Å²) in [6, 6.07) is 0. The summed E-state index contributed by atoms with van der Waals surface area (Å²) in [6.07, 6.45) is 5.65. The monoisotopic (exact) mass is 258 g/mol. The summed E-state index contributed by atoms with van der Waals surface area (Å²) < 4.78 is 0. The van der Waals surface area contributed by atoms with E-state index in [1.54, 1.807) is 0 Å². The maximum Gasteiger partial charge on any atom is 0.0334 e. The molecule has 2 saturated heterocycles. The Kier molecular flexibility index (Phi) is 13.5. The minimum atomic E-state index is 0.562. The smallest absolute Gasteiger partial charge is 0.0334 e. The lowest BCUT2D eigenvalue weighted by Crippen LogP contribution is -2.53. The van der Waals surface area contributed by atoms with Gasteiger partial charge in [-0.2, -0.15) is 0 Å². The van der Waals surface area contributed by atoms with E-state index in [2.05, 4.69) is 23.9 Å². The van der Waals surface area contributed by atoms with Crippen molar-refractivity contribution in [3.8, 4) is 0 Å². The van der Waals surface area contributed by atoms with Gasteiger partial charge in [0.1, 0.15) is 0 Å². The molecule has 0 aromatic carbocycles. The second-order valence-corrected chi connectivity index (χ2v) is 4.59. The summed E-state index contributed by atoms with van der Waals surface area (Å²) >= 11 is 0. The molecule has 2 fully saturated rings. The molecule has 1 atom stereocenters. The van der Waals surface area contributed by atoms with Crippen molar-refractivity contribution >= 4 is 0 Å². The van der Waals surface area contributed by atoms with Crippen LogP contribution in [0.1, 0.15) is 67.2 Å². The number of hydrogen-bond acceptors (Lipinski definition) is 2. The molecule has 0 radical (unpaired) electrons. The molecule has 112 valence electrons. The largest absolute Gasteiger partial charge is 0.305 e. The average molecular weight is 258 g/mol. The molecule has 2 heterocycles. The van der Waals surface area contributed by atoms with Crippen LogP contribution in [0, 0.1) is 0 Å². The summed E-state index contributed by atoms with van der Waals surface area (Å²) in [5.74, 6) is 0. The molecule has 0 aliphatic carbocycles. The second-order valence-electron chi connectivity index (χ2n) is 4.59. The fraction of sp³-hybridized carbons (Fsp3) is 1.00. The fourth-order valence-corrected chi connectivity index (χ4v) is 2.93. The van der Waals surface area contributed by atoms with Crippen molar-refractivity contribution in [3.05, 3.63) is 0 Å². The Balaban J connectivity index is 0. The molecule has 18 heavy (non-hydrogen) atoms. The number of likely N-dealkylation sites (tertiary alicyclic amines) is 2. The van der Waals surface area contributed by atoms with Crippen LogP contribution < -0.4 is 0 Å². The van der Waals surface area contributed by atoms with Crippen LogP contribution in [-0.2, 0) is 0 Å². The highest BCUT2D eigenvalue weighted by atomic mass is 15.3. The molecular formula is C16H38N2. The van der Waals surface area contributed by atoms with Crippen LogP contribution in [0.3, 0.4) is 0 Å². The van der Waals surface area contributed by atoms with Crippen LogP contribution in [0.2, 0.25) is 0 Å². The van der Waals surface area contributed by atoms with Gasteiger partial charge in [0.25, 0.3) is 0 Å². The average Bonchev–Trinajstić information content (AvgIpc) is 2.77. The quantitative estimate of drug-likeness (QED) is 0.641. The maximum absolute atomic E-state index is 2.59. The van der Waals surface area contributed by atoms with Gasteiger partial charge in [-0.05, 0) is 52.9 Å². The zero-order valence-corrected chi connectivity index (χ0v) is 14.3. The maximum atomic E-state index is 2.59. The van der Waals surface area contributed by atoms with Crippen molar-refractivity contribution in [1.29, 1.82) is 0 Å². The van der Waals surface area contributed by atoms with Crippen LogP contribution in [0.15, 0.2) is 0 Å². The molecule has 2 aliphatic heterocycles. The molecule has 0 bridgehead atoms. The first kappa shape index (κ1) is 20.2. The van der Waals surface area contributed by atoms with Crippen LogP contribution in [-0.4, -0.2) is 49.1 Å². The van der Waals surface area contributed by atoms with E-state index in [0.717, 1.165) is 0 Å². The van der Waals surface area contributed by atoms with Gasteiger partial charge in [0.2, 0.25) is 0 Å². The summed E-state index contributed by atoms with van der Waals surface area (Å²) in [5, 5.41) is 0. The minimum absolute atomic E-state index is 0.562. The van der Waals surface area contributed by atoms with Crippen molar-refractivity contribution in [1.82, 2.24) is 9.80 Å². The predicted molar refractivity (Wildman–Crippen MR) is 85.4 cm³/mol. The highest BCUT2D eigenvalue weighted by Gasteiger charge is 2.40. The molecule has 2 aliphatic rings. The normalized spacial score (nSPS) is 27.3. The van der Waals surface area contributed by atoms with Crippen molar-refractivity contribution in [2.24, 2.45) is 0 Å². The van der Waals surface area contributed by atoms with Crippen LogP contribution in [0.25, 0.3) is 0 Å². The Bertz CT molecular complexity index is 170. The van der Waals surface area contributed by atoms with E-state index < -0.39 is 0 Å². The molecule has 2 nitrogen and oxygen atoms in total. The van der Waals surface area contributed by atoms with Gasteiger partial charge in [-0.25, -0.2) is 0 Å². The van der Waals surface area contributed by atoms with Crippen molar-refractivity contribution in [3.63, 3.8) is 0 Å². The molecule has 1 spiro atoms. The Labute approximate surface area is 117 Å². The van der Waals surface area contributed by atoms with Gasteiger partial charge < -0.3 is 4.90 Å². The zero-order valence-electron chi connectivity index (χ0n) is 14.3. The highest BCUT2D eigenvalue weighted by Crippen LogP contribution is 2.35. The molecular weight excluding hydrogens is 220 g/mol. The van der Waals surface area contributed by atoms with Crippen molar-refractivity contribution < 1.29 is 0 Å². The fourth-order valence-electron chi connectivity index (χ4n) is 2.93. The second kappa shape index (κ2) is 12.0. The topological polar surface area (TPSA) is 6.48 Å². The summed E-state index contributed by atoms with van der Waals surface area (Å²) in [5.41, 5.74) is 0.562. The van der Waals surface area contributed by atoms with Gasteiger partial charge in [0.15, 0.2) is 0 Å². The lowest BCUT2D eigenvalue weighted by molar-refractivity contribution is 0.0720. The Hall–Kier alpha value is -0.0800. The van der Waals surface area contributed by atoms with Crippen LogP contribution in [0.4, 0.5) is 0 Å². The van der Waals surface area contributed by atoms with Gasteiger partial charge >= 0.3 is 0 Å².